The Hall–Kier alpha value is -1.80. The monoisotopic (exact) mass is 298 g/mol. The summed E-state index contributed by atoms with van der Waals surface area (Å²) in [5.74, 6) is 0. The highest BCUT2D eigenvalue weighted by Crippen LogP contribution is 2.44. The van der Waals surface area contributed by atoms with Crippen molar-refractivity contribution in [3.8, 4) is 0 Å². The molecule has 20 heavy (non-hydrogen) atoms. The van der Waals surface area contributed by atoms with Crippen molar-refractivity contribution in [1.29, 1.82) is 0 Å². The van der Waals surface area contributed by atoms with E-state index >= 15 is 0 Å². The van der Waals surface area contributed by atoms with E-state index in [-0.39, 0.29) is 17.2 Å². The Morgan fingerprint density at radius 3 is 2.75 bits per heavy atom. The zero-order valence-corrected chi connectivity index (χ0v) is 12.1. The van der Waals surface area contributed by atoms with Gasteiger partial charge in [-0.25, -0.2) is 9.69 Å². The van der Waals surface area contributed by atoms with Crippen LogP contribution in [0.5, 0.6) is 0 Å². The first-order chi connectivity index (χ1) is 9.38. The number of rotatable bonds is 2. The van der Waals surface area contributed by atoms with Crippen LogP contribution in [0.3, 0.4) is 0 Å². The summed E-state index contributed by atoms with van der Waals surface area (Å²) in [7, 11) is 0. The molecule has 0 saturated heterocycles. The first kappa shape index (κ1) is 14.6. The van der Waals surface area contributed by atoms with Crippen LogP contribution in [0.2, 0.25) is 0 Å². The molecule has 2 rings (SSSR count). The van der Waals surface area contributed by atoms with Crippen molar-refractivity contribution in [2.24, 2.45) is 0 Å². The first-order valence-corrected chi connectivity index (χ1v) is 7.25. The van der Waals surface area contributed by atoms with Gasteiger partial charge >= 0.3 is 11.8 Å². The lowest BCUT2D eigenvalue weighted by atomic mass is 10.2. The van der Waals surface area contributed by atoms with E-state index in [1.807, 2.05) is 0 Å². The van der Waals surface area contributed by atoms with E-state index in [1.165, 1.54) is 11.0 Å². The van der Waals surface area contributed by atoms with Gasteiger partial charge in [-0.1, -0.05) is 0 Å². The molecule has 1 aliphatic rings. The minimum Gasteiger partial charge on any atom is -0.610 e. The molecule has 1 aromatic rings. The van der Waals surface area contributed by atoms with Gasteiger partial charge in [-0.2, -0.15) is 0 Å². The second-order valence-electron chi connectivity index (χ2n) is 4.36. The van der Waals surface area contributed by atoms with Crippen LogP contribution in [0.15, 0.2) is 17.0 Å². The molecule has 0 N–H and O–H groups in total. The van der Waals surface area contributed by atoms with Gasteiger partial charge in [-0.15, -0.1) is 0 Å². The molecule has 7 nitrogen and oxygen atoms in total. The predicted octanol–water partition coefficient (Wildman–Crippen LogP) is 2.33. The molecule has 1 amide bonds. The smallest absolute Gasteiger partial charge is 0.418 e. The number of carbonyl (C=O) groups is 1. The molecule has 0 aliphatic carbocycles. The molecule has 2 atom stereocenters. The van der Waals surface area contributed by atoms with Gasteiger partial charge in [0.15, 0.2) is 0 Å². The highest BCUT2D eigenvalue weighted by atomic mass is 32.2. The summed E-state index contributed by atoms with van der Waals surface area (Å²) in [6.07, 6.45) is -0.646. The second-order valence-corrected chi connectivity index (χ2v) is 6.04. The number of nitro benzene ring substituents is 1. The van der Waals surface area contributed by atoms with Crippen molar-refractivity contribution in [2.75, 3.05) is 11.5 Å². The molecule has 8 heteroatoms. The zero-order chi connectivity index (χ0) is 15.0. The number of nitro groups is 1. The van der Waals surface area contributed by atoms with E-state index in [2.05, 4.69) is 0 Å². The third-order valence-electron chi connectivity index (χ3n) is 2.99. The van der Waals surface area contributed by atoms with Gasteiger partial charge in [0.05, 0.1) is 11.5 Å². The Morgan fingerprint density at radius 1 is 1.55 bits per heavy atom. The van der Waals surface area contributed by atoms with Gasteiger partial charge in [-0.05, 0) is 25.5 Å². The van der Waals surface area contributed by atoms with Gasteiger partial charge in [0, 0.05) is 24.2 Å². The third-order valence-corrected chi connectivity index (χ3v) is 4.64. The lowest BCUT2D eigenvalue weighted by Gasteiger charge is -2.19. The minimum atomic E-state index is -1.65. The molecule has 0 fully saturated rings. The standard InChI is InChI=1S/C12H14N2O5S/c1-4-19-12(15)13-8(3)20(18)11-9(13)5-7(2)6-10(11)14(16)17/h5-6,8H,4H2,1-3H3. The van der Waals surface area contributed by atoms with E-state index in [1.54, 1.807) is 26.8 Å². The topological polar surface area (TPSA) is 95.7 Å². The Kier molecular flexibility index (Phi) is 3.87. The summed E-state index contributed by atoms with van der Waals surface area (Å²) in [6.45, 7) is 5.10. The van der Waals surface area contributed by atoms with Crippen LogP contribution in [0.4, 0.5) is 16.2 Å². The molecule has 1 aliphatic heterocycles. The lowest BCUT2D eigenvalue weighted by Crippen LogP contribution is -2.38. The molecule has 0 radical (unpaired) electrons. The molecule has 0 spiro atoms. The summed E-state index contributed by atoms with van der Waals surface area (Å²) in [5.41, 5.74) is 0.689. The molecular formula is C12H14N2O5S. The van der Waals surface area contributed by atoms with Crippen LogP contribution in [-0.4, -0.2) is 27.6 Å². The summed E-state index contributed by atoms with van der Waals surface area (Å²) >= 11 is -1.65. The SMILES string of the molecule is CCOC(=O)N1c2cc(C)cc([N+](=O)[O-])c2[S+]([O-])C1C. The normalized spacial score (nSPS) is 20.7. The Bertz CT molecular complexity index is 577. The molecular weight excluding hydrogens is 284 g/mol. The van der Waals surface area contributed by atoms with Gasteiger partial charge in [0.1, 0.15) is 5.69 Å². The van der Waals surface area contributed by atoms with Crippen molar-refractivity contribution in [1.82, 2.24) is 0 Å². The summed E-state index contributed by atoms with van der Waals surface area (Å²) in [4.78, 5) is 23.8. The van der Waals surface area contributed by atoms with Crippen molar-refractivity contribution in [2.45, 2.75) is 31.0 Å². The molecule has 1 heterocycles. The fourth-order valence-electron chi connectivity index (χ4n) is 2.16. The number of carbonyl (C=O) groups excluding carboxylic acids is 1. The molecule has 0 saturated carbocycles. The van der Waals surface area contributed by atoms with Gasteiger partial charge in [-0.3, -0.25) is 10.1 Å². The van der Waals surface area contributed by atoms with Crippen molar-refractivity contribution in [3.63, 3.8) is 0 Å². The molecule has 2 unspecified atom stereocenters. The molecule has 108 valence electrons. The van der Waals surface area contributed by atoms with Gasteiger partial charge < -0.3 is 9.29 Å². The van der Waals surface area contributed by atoms with Crippen LogP contribution < -0.4 is 4.90 Å². The van der Waals surface area contributed by atoms with Crippen LogP contribution in [0.25, 0.3) is 0 Å². The Morgan fingerprint density at radius 2 is 2.20 bits per heavy atom. The minimum absolute atomic E-state index is 0.0844. The Labute approximate surface area is 118 Å². The molecule has 0 bridgehead atoms. The summed E-state index contributed by atoms with van der Waals surface area (Å²) in [6, 6.07) is 2.97. The average molecular weight is 298 g/mol. The third kappa shape index (κ3) is 2.20. The molecule has 0 aromatic heterocycles. The quantitative estimate of drug-likeness (QED) is 0.474. The maximum absolute atomic E-state index is 12.3. The fraction of sp³-hybridized carbons (Fsp3) is 0.417. The predicted molar refractivity (Wildman–Crippen MR) is 73.2 cm³/mol. The largest absolute Gasteiger partial charge is 0.610 e. The fourth-order valence-corrected chi connectivity index (χ4v) is 3.59. The highest BCUT2D eigenvalue weighted by Gasteiger charge is 2.48. The number of nitrogens with zero attached hydrogens (tertiary/aromatic N) is 2. The van der Waals surface area contributed by atoms with Crippen LogP contribution in [-0.2, 0) is 15.9 Å². The van der Waals surface area contributed by atoms with Crippen LogP contribution in [0, 0.1) is 17.0 Å². The maximum Gasteiger partial charge on any atom is 0.418 e. The Balaban J connectivity index is 2.60. The first-order valence-electron chi connectivity index (χ1n) is 6.04. The number of hydrogen-bond donors (Lipinski definition) is 0. The van der Waals surface area contributed by atoms with Gasteiger partial charge in [0.25, 0.3) is 4.90 Å². The number of benzene rings is 1. The average Bonchev–Trinajstić information content (AvgIpc) is 2.61. The van der Waals surface area contributed by atoms with E-state index in [0.29, 0.717) is 11.3 Å². The van der Waals surface area contributed by atoms with E-state index in [4.69, 9.17) is 4.74 Å². The number of hydrogen-bond acceptors (Lipinski definition) is 5. The number of ether oxygens (including phenoxy) is 1. The van der Waals surface area contributed by atoms with Gasteiger partial charge in [0.2, 0.25) is 5.37 Å². The summed E-state index contributed by atoms with van der Waals surface area (Å²) < 4.78 is 17.2. The van der Waals surface area contributed by atoms with Crippen LogP contribution >= 0.6 is 0 Å². The number of aryl methyl sites for hydroxylation is 1. The van der Waals surface area contributed by atoms with Crippen molar-refractivity contribution in [3.05, 3.63) is 27.8 Å². The maximum atomic E-state index is 12.3. The number of fused-ring (bicyclic) bond motifs is 1. The zero-order valence-electron chi connectivity index (χ0n) is 11.3. The molecule has 1 aromatic carbocycles. The highest BCUT2D eigenvalue weighted by molar-refractivity contribution is 7.92. The lowest BCUT2D eigenvalue weighted by molar-refractivity contribution is -0.387. The van der Waals surface area contributed by atoms with Crippen molar-refractivity contribution >= 4 is 28.6 Å². The van der Waals surface area contributed by atoms with Crippen molar-refractivity contribution < 1.29 is 19.0 Å². The summed E-state index contributed by atoms with van der Waals surface area (Å²) in [5, 5.41) is 10.4. The number of anilines is 1. The van der Waals surface area contributed by atoms with E-state index in [9.17, 15) is 19.5 Å². The van der Waals surface area contributed by atoms with Crippen LogP contribution in [0.1, 0.15) is 19.4 Å². The number of amides is 1. The second kappa shape index (κ2) is 5.29. The van der Waals surface area contributed by atoms with E-state index in [0.717, 1.165) is 0 Å². The van der Waals surface area contributed by atoms with E-state index < -0.39 is 27.6 Å².